The molecule has 0 saturated carbocycles. The lowest BCUT2D eigenvalue weighted by Crippen LogP contribution is -2.37. The van der Waals surface area contributed by atoms with Crippen LogP contribution in [0.15, 0.2) is 0 Å². The van der Waals surface area contributed by atoms with E-state index >= 15 is 0 Å². The molecule has 1 unspecified atom stereocenters. The molecule has 3 heteroatoms. The largest absolute Gasteiger partial charge is 0.343 e. The van der Waals surface area contributed by atoms with Gasteiger partial charge in [0.25, 0.3) is 5.97 Å². The van der Waals surface area contributed by atoms with Crippen LogP contribution in [0, 0.1) is 11.3 Å². The fourth-order valence-corrected chi connectivity index (χ4v) is 1.06. The number of aliphatic hydroxyl groups is 3. The van der Waals surface area contributed by atoms with Crippen LogP contribution in [-0.2, 0) is 0 Å². The first kappa shape index (κ1) is 10.9. The van der Waals surface area contributed by atoms with Crippen molar-refractivity contribution in [3.05, 3.63) is 0 Å². The van der Waals surface area contributed by atoms with Crippen LogP contribution in [0.1, 0.15) is 34.1 Å². The van der Waals surface area contributed by atoms with E-state index in [1.54, 1.807) is 6.92 Å². The molecule has 0 radical (unpaired) electrons. The van der Waals surface area contributed by atoms with Gasteiger partial charge in [0.15, 0.2) is 0 Å². The van der Waals surface area contributed by atoms with Crippen molar-refractivity contribution in [3.63, 3.8) is 0 Å². The monoisotopic (exact) mass is 162 g/mol. The average Bonchev–Trinajstić information content (AvgIpc) is 1.56. The third kappa shape index (κ3) is 5.18. The summed E-state index contributed by atoms with van der Waals surface area (Å²) in [5.41, 5.74) is -0.00113. The van der Waals surface area contributed by atoms with Crippen LogP contribution < -0.4 is 0 Å². The molecule has 3 nitrogen and oxygen atoms in total. The van der Waals surface area contributed by atoms with Crippen molar-refractivity contribution in [1.29, 1.82) is 0 Å². The molecule has 68 valence electrons. The fraction of sp³-hybridized carbons (Fsp3) is 1.00. The van der Waals surface area contributed by atoms with Gasteiger partial charge < -0.3 is 15.3 Å². The minimum Gasteiger partial charge on any atom is -0.343 e. The van der Waals surface area contributed by atoms with Gasteiger partial charge in [-0.2, -0.15) is 0 Å². The summed E-state index contributed by atoms with van der Waals surface area (Å²) in [6, 6.07) is 0. The van der Waals surface area contributed by atoms with E-state index in [1.165, 1.54) is 0 Å². The predicted octanol–water partition coefficient (Wildman–Crippen LogP) is 0.689. The van der Waals surface area contributed by atoms with Gasteiger partial charge in [0.2, 0.25) is 0 Å². The van der Waals surface area contributed by atoms with Crippen LogP contribution in [0.5, 0.6) is 0 Å². The third-order valence-electron chi connectivity index (χ3n) is 1.58. The highest BCUT2D eigenvalue weighted by atomic mass is 16.7. The zero-order valence-corrected chi connectivity index (χ0v) is 7.63. The van der Waals surface area contributed by atoms with Crippen LogP contribution >= 0.6 is 0 Å². The third-order valence-corrected chi connectivity index (χ3v) is 1.58. The zero-order chi connectivity index (χ0) is 9.28. The predicted molar refractivity (Wildman–Crippen MR) is 42.6 cm³/mol. The second-order valence-electron chi connectivity index (χ2n) is 4.35. The Morgan fingerprint density at radius 3 is 1.55 bits per heavy atom. The summed E-state index contributed by atoms with van der Waals surface area (Å²) in [7, 11) is 0. The quantitative estimate of drug-likeness (QED) is 0.523. The van der Waals surface area contributed by atoms with Gasteiger partial charge in [-0.1, -0.05) is 27.7 Å². The molecule has 3 N–H and O–H groups in total. The van der Waals surface area contributed by atoms with Gasteiger partial charge in [-0.05, 0) is 11.8 Å². The molecule has 0 aliphatic carbocycles. The van der Waals surface area contributed by atoms with Crippen molar-refractivity contribution in [2.45, 2.75) is 40.1 Å². The van der Waals surface area contributed by atoms with Crippen LogP contribution in [-0.4, -0.2) is 21.3 Å². The van der Waals surface area contributed by atoms with E-state index < -0.39 is 11.9 Å². The summed E-state index contributed by atoms with van der Waals surface area (Å²) in [5.74, 6) is -3.06. The Balaban J connectivity index is 3.99. The molecule has 0 heterocycles. The van der Waals surface area contributed by atoms with E-state index in [0.29, 0.717) is 6.42 Å². The van der Waals surface area contributed by atoms with Gasteiger partial charge in [0.1, 0.15) is 0 Å². The lowest BCUT2D eigenvalue weighted by Gasteiger charge is -2.28. The molecule has 0 aromatic heterocycles. The second kappa shape index (κ2) is 3.09. The van der Waals surface area contributed by atoms with Gasteiger partial charge in [-0.15, -0.1) is 0 Å². The Bertz CT molecular complexity index is 118. The molecule has 0 fully saturated rings. The summed E-state index contributed by atoms with van der Waals surface area (Å²) in [6.45, 7) is 7.55. The maximum atomic E-state index is 8.76. The van der Waals surface area contributed by atoms with E-state index in [2.05, 4.69) is 0 Å². The minimum atomic E-state index is -2.53. The van der Waals surface area contributed by atoms with Crippen molar-refractivity contribution in [1.82, 2.24) is 0 Å². The molecular weight excluding hydrogens is 144 g/mol. The molecule has 11 heavy (non-hydrogen) atoms. The van der Waals surface area contributed by atoms with Crippen molar-refractivity contribution in [3.8, 4) is 0 Å². The van der Waals surface area contributed by atoms with Gasteiger partial charge >= 0.3 is 0 Å². The van der Waals surface area contributed by atoms with E-state index in [4.69, 9.17) is 15.3 Å². The summed E-state index contributed by atoms with van der Waals surface area (Å²) in [4.78, 5) is 0. The molecule has 0 aromatic rings. The van der Waals surface area contributed by atoms with Gasteiger partial charge in [0.05, 0.1) is 0 Å². The Morgan fingerprint density at radius 1 is 1.09 bits per heavy atom. The number of rotatable bonds is 2. The SMILES string of the molecule is CC(CC(C)(C)C)C(O)(O)O. The lowest BCUT2D eigenvalue weighted by atomic mass is 9.84. The maximum Gasteiger partial charge on any atom is 0.278 e. The van der Waals surface area contributed by atoms with Crippen molar-refractivity contribution >= 4 is 0 Å². The molecule has 0 spiro atoms. The Hall–Kier alpha value is -0.120. The molecular formula is C8H18O3. The topological polar surface area (TPSA) is 60.7 Å². The zero-order valence-electron chi connectivity index (χ0n) is 7.63. The highest BCUT2D eigenvalue weighted by Gasteiger charge is 2.31. The first-order valence-electron chi connectivity index (χ1n) is 3.80. The highest BCUT2D eigenvalue weighted by molar-refractivity contribution is 4.69. The standard InChI is InChI=1S/C8H18O3/c1-6(8(9,10)11)5-7(2,3)4/h6,9-11H,5H2,1-4H3. The van der Waals surface area contributed by atoms with Crippen molar-refractivity contribution in [2.75, 3.05) is 0 Å². The molecule has 0 saturated heterocycles. The molecule has 0 aromatic carbocycles. The molecule has 0 amide bonds. The van der Waals surface area contributed by atoms with E-state index in [1.807, 2.05) is 20.8 Å². The molecule has 0 rings (SSSR count). The minimum absolute atomic E-state index is 0.00113. The Kier molecular flexibility index (Phi) is 3.06. The maximum absolute atomic E-state index is 8.76. The second-order valence-corrected chi connectivity index (χ2v) is 4.35. The molecule has 0 aliphatic rings. The molecule has 0 aliphatic heterocycles. The summed E-state index contributed by atoms with van der Waals surface area (Å²) >= 11 is 0. The number of hydrogen-bond acceptors (Lipinski definition) is 3. The normalized spacial score (nSPS) is 16.6. The lowest BCUT2D eigenvalue weighted by molar-refractivity contribution is -0.342. The first-order valence-corrected chi connectivity index (χ1v) is 3.80. The summed E-state index contributed by atoms with van der Waals surface area (Å²) in [6.07, 6.45) is 0.566. The summed E-state index contributed by atoms with van der Waals surface area (Å²) < 4.78 is 0. The van der Waals surface area contributed by atoms with E-state index in [0.717, 1.165) is 0 Å². The van der Waals surface area contributed by atoms with Crippen LogP contribution in [0.3, 0.4) is 0 Å². The smallest absolute Gasteiger partial charge is 0.278 e. The van der Waals surface area contributed by atoms with Crippen LogP contribution in [0.25, 0.3) is 0 Å². The fourth-order valence-electron chi connectivity index (χ4n) is 1.06. The van der Waals surface area contributed by atoms with Crippen LogP contribution in [0.2, 0.25) is 0 Å². The Morgan fingerprint density at radius 2 is 1.45 bits per heavy atom. The van der Waals surface area contributed by atoms with Gasteiger partial charge in [0, 0.05) is 5.92 Å². The highest BCUT2D eigenvalue weighted by Crippen LogP contribution is 2.28. The van der Waals surface area contributed by atoms with E-state index in [9.17, 15) is 0 Å². The van der Waals surface area contributed by atoms with Crippen LogP contribution in [0.4, 0.5) is 0 Å². The van der Waals surface area contributed by atoms with Gasteiger partial charge in [-0.25, -0.2) is 0 Å². The first-order chi connectivity index (χ1) is 4.63. The van der Waals surface area contributed by atoms with E-state index in [-0.39, 0.29) is 5.41 Å². The summed E-state index contributed by atoms with van der Waals surface area (Å²) in [5, 5.41) is 26.3. The average molecular weight is 162 g/mol. The molecule has 1 atom stereocenters. The molecule has 0 bridgehead atoms. The van der Waals surface area contributed by atoms with Crippen molar-refractivity contribution in [2.24, 2.45) is 11.3 Å². The number of hydrogen-bond donors (Lipinski definition) is 3. The van der Waals surface area contributed by atoms with Gasteiger partial charge in [-0.3, -0.25) is 0 Å². The van der Waals surface area contributed by atoms with Crippen molar-refractivity contribution < 1.29 is 15.3 Å². The Labute approximate surface area is 67.7 Å².